The van der Waals surface area contributed by atoms with Crippen LogP contribution in [0.2, 0.25) is 0 Å². The highest BCUT2D eigenvalue weighted by molar-refractivity contribution is 5.35. The lowest BCUT2D eigenvalue weighted by Crippen LogP contribution is -2.25. The summed E-state index contributed by atoms with van der Waals surface area (Å²) in [4.78, 5) is 0. The summed E-state index contributed by atoms with van der Waals surface area (Å²) >= 11 is 0. The third-order valence-corrected chi connectivity index (χ3v) is 2.51. The molecule has 0 bridgehead atoms. The molecule has 0 radical (unpaired) electrons. The lowest BCUT2D eigenvalue weighted by molar-refractivity contribution is -0.202. The number of benzene rings is 1. The van der Waals surface area contributed by atoms with E-state index in [4.69, 9.17) is 14.7 Å². The number of rotatable bonds is 1. The molecule has 0 unspecified atom stereocenters. The van der Waals surface area contributed by atoms with Crippen LogP contribution >= 0.6 is 0 Å². The van der Waals surface area contributed by atoms with Gasteiger partial charge in [-0.2, -0.15) is 5.26 Å². The first kappa shape index (κ1) is 14.6. The summed E-state index contributed by atoms with van der Waals surface area (Å²) in [5.41, 5.74) is -0.330. The monoisotopic (exact) mass is 255 g/mol. The Balaban J connectivity index is 0.00000162. The van der Waals surface area contributed by atoms with Crippen molar-refractivity contribution in [3.8, 4) is 6.07 Å². The SMILES string of the molecule is C.CC1COC(c2cc(F)c(C#N)c(F)c2)OC1. The molecule has 1 aliphatic heterocycles. The van der Waals surface area contributed by atoms with Gasteiger partial charge in [0.1, 0.15) is 23.3 Å². The van der Waals surface area contributed by atoms with E-state index in [0.717, 1.165) is 12.1 Å². The van der Waals surface area contributed by atoms with E-state index in [1.165, 1.54) is 6.07 Å². The maximum Gasteiger partial charge on any atom is 0.184 e. The highest BCUT2D eigenvalue weighted by Crippen LogP contribution is 2.27. The zero-order valence-electron chi connectivity index (χ0n) is 9.24. The quantitative estimate of drug-likeness (QED) is 0.774. The van der Waals surface area contributed by atoms with E-state index in [0.29, 0.717) is 13.2 Å². The van der Waals surface area contributed by atoms with Gasteiger partial charge < -0.3 is 9.47 Å². The van der Waals surface area contributed by atoms with Crippen LogP contribution in [0.4, 0.5) is 8.78 Å². The van der Waals surface area contributed by atoms with Crippen molar-refractivity contribution in [2.75, 3.05) is 13.2 Å². The molecule has 0 saturated carbocycles. The van der Waals surface area contributed by atoms with Crippen molar-refractivity contribution in [2.45, 2.75) is 20.6 Å². The third kappa shape index (κ3) is 2.84. The lowest BCUT2D eigenvalue weighted by atomic mass is 10.1. The topological polar surface area (TPSA) is 42.2 Å². The summed E-state index contributed by atoms with van der Waals surface area (Å²) in [7, 11) is 0. The molecule has 0 aromatic heterocycles. The smallest absolute Gasteiger partial charge is 0.184 e. The zero-order chi connectivity index (χ0) is 12.4. The van der Waals surface area contributed by atoms with Crippen molar-refractivity contribution in [3.05, 3.63) is 34.9 Å². The van der Waals surface area contributed by atoms with Crippen molar-refractivity contribution in [1.82, 2.24) is 0 Å². The molecule has 1 aliphatic rings. The second-order valence-corrected chi connectivity index (χ2v) is 4.08. The van der Waals surface area contributed by atoms with E-state index in [9.17, 15) is 8.78 Å². The fourth-order valence-electron chi connectivity index (χ4n) is 1.63. The van der Waals surface area contributed by atoms with Gasteiger partial charge in [0.15, 0.2) is 6.29 Å². The van der Waals surface area contributed by atoms with Crippen LogP contribution < -0.4 is 0 Å². The Labute approximate surface area is 105 Å². The first-order valence-electron chi connectivity index (χ1n) is 5.24. The summed E-state index contributed by atoms with van der Waals surface area (Å²) in [5.74, 6) is -1.53. The standard InChI is InChI=1S/C12H11F2NO2.CH4/c1-7-5-16-12(17-6-7)8-2-10(13)9(4-15)11(14)3-8;/h2-3,7,12H,5-6H2,1H3;1H4. The molecule has 1 saturated heterocycles. The molecular weight excluding hydrogens is 240 g/mol. The highest BCUT2D eigenvalue weighted by atomic mass is 19.1. The highest BCUT2D eigenvalue weighted by Gasteiger charge is 2.23. The van der Waals surface area contributed by atoms with Gasteiger partial charge in [-0.3, -0.25) is 0 Å². The van der Waals surface area contributed by atoms with Gasteiger partial charge in [0.05, 0.1) is 13.2 Å². The van der Waals surface area contributed by atoms with Crippen LogP contribution in [-0.2, 0) is 9.47 Å². The van der Waals surface area contributed by atoms with Gasteiger partial charge in [-0.05, 0) is 12.1 Å². The Morgan fingerprint density at radius 1 is 1.22 bits per heavy atom. The summed E-state index contributed by atoms with van der Waals surface area (Å²) in [6, 6.07) is 3.61. The van der Waals surface area contributed by atoms with Crippen LogP contribution in [0.3, 0.4) is 0 Å². The van der Waals surface area contributed by atoms with Crippen LogP contribution in [0, 0.1) is 28.9 Å². The van der Waals surface area contributed by atoms with E-state index in [1.807, 2.05) is 6.92 Å². The van der Waals surface area contributed by atoms with Gasteiger partial charge in [0.25, 0.3) is 0 Å². The van der Waals surface area contributed by atoms with Crippen molar-refractivity contribution in [1.29, 1.82) is 5.26 Å². The molecule has 1 aromatic rings. The number of nitriles is 1. The number of hydrogen-bond acceptors (Lipinski definition) is 3. The Hall–Kier alpha value is -1.51. The minimum absolute atomic E-state index is 0. The van der Waals surface area contributed by atoms with Crippen molar-refractivity contribution in [3.63, 3.8) is 0 Å². The van der Waals surface area contributed by atoms with Gasteiger partial charge in [-0.15, -0.1) is 0 Å². The number of nitrogens with zero attached hydrogens (tertiary/aromatic N) is 1. The van der Waals surface area contributed by atoms with Gasteiger partial charge in [0.2, 0.25) is 0 Å². The molecule has 98 valence electrons. The van der Waals surface area contributed by atoms with Gasteiger partial charge in [-0.1, -0.05) is 14.4 Å². The van der Waals surface area contributed by atoms with Crippen molar-refractivity contribution in [2.24, 2.45) is 5.92 Å². The fraction of sp³-hybridized carbons (Fsp3) is 0.462. The average molecular weight is 255 g/mol. The number of ether oxygens (including phenoxy) is 2. The Morgan fingerprint density at radius 2 is 1.72 bits per heavy atom. The Kier molecular flexibility index (Phi) is 4.76. The maximum atomic E-state index is 13.4. The summed E-state index contributed by atoms with van der Waals surface area (Å²) in [6.07, 6.45) is -0.761. The van der Waals surface area contributed by atoms with E-state index < -0.39 is 23.5 Å². The summed E-state index contributed by atoms with van der Waals surface area (Å²) < 4.78 is 37.4. The Bertz CT molecular complexity index is 440. The van der Waals surface area contributed by atoms with Gasteiger partial charge in [-0.25, -0.2) is 8.78 Å². The summed E-state index contributed by atoms with van der Waals surface area (Å²) in [5, 5.41) is 8.54. The molecule has 1 fully saturated rings. The zero-order valence-corrected chi connectivity index (χ0v) is 9.24. The average Bonchev–Trinajstić information content (AvgIpc) is 2.29. The molecule has 1 heterocycles. The fourth-order valence-corrected chi connectivity index (χ4v) is 1.63. The van der Waals surface area contributed by atoms with Crippen LogP contribution in [0.5, 0.6) is 0 Å². The molecule has 0 N–H and O–H groups in total. The third-order valence-electron chi connectivity index (χ3n) is 2.51. The normalized spacial score (nSPS) is 23.0. The largest absolute Gasteiger partial charge is 0.348 e. The van der Waals surface area contributed by atoms with Crippen LogP contribution in [0.1, 0.15) is 31.8 Å². The first-order valence-corrected chi connectivity index (χ1v) is 5.24. The minimum Gasteiger partial charge on any atom is -0.348 e. The molecule has 2 rings (SSSR count). The molecule has 0 aliphatic carbocycles. The molecule has 0 atom stereocenters. The first-order chi connectivity index (χ1) is 8.11. The second-order valence-electron chi connectivity index (χ2n) is 4.08. The second kappa shape index (κ2) is 5.89. The molecule has 0 amide bonds. The molecule has 3 nitrogen and oxygen atoms in total. The molecular formula is C13H15F2NO2. The molecule has 1 aromatic carbocycles. The number of hydrogen-bond donors (Lipinski definition) is 0. The van der Waals surface area contributed by atoms with Gasteiger partial charge in [0, 0.05) is 11.5 Å². The van der Waals surface area contributed by atoms with Crippen LogP contribution in [0.15, 0.2) is 12.1 Å². The van der Waals surface area contributed by atoms with E-state index in [-0.39, 0.29) is 18.9 Å². The predicted octanol–water partition coefficient (Wildman–Crippen LogP) is 3.15. The van der Waals surface area contributed by atoms with E-state index >= 15 is 0 Å². The predicted molar refractivity (Wildman–Crippen MR) is 61.6 cm³/mol. The molecule has 0 spiro atoms. The molecule has 5 heteroatoms. The maximum absolute atomic E-state index is 13.4. The van der Waals surface area contributed by atoms with Gasteiger partial charge >= 0.3 is 0 Å². The summed E-state index contributed by atoms with van der Waals surface area (Å²) in [6.45, 7) is 2.91. The minimum atomic E-state index is -0.895. The van der Waals surface area contributed by atoms with Crippen molar-refractivity contribution >= 4 is 0 Å². The number of halogens is 2. The van der Waals surface area contributed by atoms with Crippen LogP contribution in [0.25, 0.3) is 0 Å². The van der Waals surface area contributed by atoms with Crippen LogP contribution in [-0.4, -0.2) is 13.2 Å². The van der Waals surface area contributed by atoms with Crippen molar-refractivity contribution < 1.29 is 18.3 Å². The Morgan fingerprint density at radius 3 is 2.17 bits per heavy atom. The lowest BCUT2D eigenvalue weighted by Gasteiger charge is -2.27. The molecule has 18 heavy (non-hydrogen) atoms. The van der Waals surface area contributed by atoms with E-state index in [1.54, 1.807) is 0 Å². The van der Waals surface area contributed by atoms with E-state index in [2.05, 4.69) is 0 Å².